The van der Waals surface area contributed by atoms with Crippen LogP contribution in [0.15, 0.2) is 70.8 Å². The third-order valence-electron chi connectivity index (χ3n) is 3.59. The summed E-state index contributed by atoms with van der Waals surface area (Å²) in [6.07, 6.45) is 1.88. The van der Waals surface area contributed by atoms with Gasteiger partial charge < -0.3 is 0 Å². The van der Waals surface area contributed by atoms with E-state index in [1.807, 2.05) is 12.1 Å². The molecule has 1 heterocycles. The standard InChI is InChI=1S/C19H18BrN3S/c1-3-11-23-18(16-6-4-5-14(2)12-16)21-22-19(23)24-13-15-7-9-17(20)10-8-15/h3-10,12H,1,11,13H2,2H3. The maximum atomic E-state index is 4.41. The Morgan fingerprint density at radius 3 is 2.67 bits per heavy atom. The highest BCUT2D eigenvalue weighted by atomic mass is 79.9. The predicted molar refractivity (Wildman–Crippen MR) is 104 cm³/mol. The van der Waals surface area contributed by atoms with Gasteiger partial charge in [0.2, 0.25) is 0 Å². The van der Waals surface area contributed by atoms with Crippen LogP contribution in [0.25, 0.3) is 11.4 Å². The normalized spacial score (nSPS) is 10.8. The van der Waals surface area contributed by atoms with Crippen LogP contribution >= 0.6 is 27.7 Å². The van der Waals surface area contributed by atoms with E-state index in [1.54, 1.807) is 11.8 Å². The summed E-state index contributed by atoms with van der Waals surface area (Å²) in [6, 6.07) is 16.7. The molecule has 3 aromatic rings. The van der Waals surface area contributed by atoms with Crippen molar-refractivity contribution in [3.8, 4) is 11.4 Å². The summed E-state index contributed by atoms with van der Waals surface area (Å²) in [6.45, 7) is 6.64. The molecule has 0 bridgehead atoms. The molecule has 3 rings (SSSR count). The molecule has 0 saturated heterocycles. The molecular formula is C19H18BrN3S. The number of halogens is 1. The van der Waals surface area contributed by atoms with Gasteiger partial charge in [-0.25, -0.2) is 0 Å². The van der Waals surface area contributed by atoms with Crippen LogP contribution < -0.4 is 0 Å². The molecular weight excluding hydrogens is 382 g/mol. The van der Waals surface area contributed by atoms with Gasteiger partial charge in [-0.1, -0.05) is 69.7 Å². The van der Waals surface area contributed by atoms with Crippen LogP contribution in [0.4, 0.5) is 0 Å². The van der Waals surface area contributed by atoms with Gasteiger partial charge in [0.1, 0.15) is 0 Å². The van der Waals surface area contributed by atoms with Gasteiger partial charge in [0, 0.05) is 22.3 Å². The maximum Gasteiger partial charge on any atom is 0.192 e. The van der Waals surface area contributed by atoms with Gasteiger partial charge in [0.05, 0.1) is 0 Å². The summed E-state index contributed by atoms with van der Waals surface area (Å²) in [5.74, 6) is 1.74. The van der Waals surface area contributed by atoms with Crippen molar-refractivity contribution < 1.29 is 0 Å². The Morgan fingerprint density at radius 2 is 1.96 bits per heavy atom. The summed E-state index contributed by atoms with van der Waals surface area (Å²) in [5.41, 5.74) is 3.55. The fourth-order valence-electron chi connectivity index (χ4n) is 2.42. The molecule has 0 aliphatic carbocycles. The number of thioether (sulfide) groups is 1. The average molecular weight is 400 g/mol. The van der Waals surface area contributed by atoms with Crippen molar-refractivity contribution in [2.24, 2.45) is 0 Å². The highest BCUT2D eigenvalue weighted by Gasteiger charge is 2.13. The van der Waals surface area contributed by atoms with E-state index in [0.717, 1.165) is 26.8 Å². The monoisotopic (exact) mass is 399 g/mol. The lowest BCUT2D eigenvalue weighted by Crippen LogP contribution is -2.00. The third kappa shape index (κ3) is 3.97. The van der Waals surface area contributed by atoms with E-state index >= 15 is 0 Å². The van der Waals surface area contributed by atoms with Crippen molar-refractivity contribution in [1.82, 2.24) is 14.8 Å². The summed E-state index contributed by atoms with van der Waals surface area (Å²) >= 11 is 5.16. The van der Waals surface area contributed by atoms with Gasteiger partial charge in [-0.15, -0.1) is 16.8 Å². The molecule has 1 aromatic heterocycles. The number of aromatic nitrogens is 3. The van der Waals surface area contributed by atoms with Crippen LogP contribution in [-0.4, -0.2) is 14.8 Å². The Hall–Kier alpha value is -1.85. The first-order chi connectivity index (χ1) is 11.7. The van der Waals surface area contributed by atoms with E-state index in [2.05, 4.69) is 86.7 Å². The molecule has 0 amide bonds. The van der Waals surface area contributed by atoms with Crippen molar-refractivity contribution >= 4 is 27.7 Å². The van der Waals surface area contributed by atoms with Crippen LogP contribution in [-0.2, 0) is 12.3 Å². The van der Waals surface area contributed by atoms with Crippen LogP contribution in [0.2, 0.25) is 0 Å². The van der Waals surface area contributed by atoms with Gasteiger partial charge in [-0.05, 0) is 30.7 Å². The number of hydrogen-bond donors (Lipinski definition) is 0. The van der Waals surface area contributed by atoms with Gasteiger partial charge in [0.15, 0.2) is 11.0 Å². The second-order valence-electron chi connectivity index (χ2n) is 5.49. The van der Waals surface area contributed by atoms with E-state index < -0.39 is 0 Å². The van der Waals surface area contributed by atoms with Gasteiger partial charge >= 0.3 is 0 Å². The van der Waals surface area contributed by atoms with Crippen LogP contribution in [0.3, 0.4) is 0 Å². The molecule has 0 aliphatic rings. The summed E-state index contributed by atoms with van der Waals surface area (Å²) in [5, 5.41) is 9.71. The number of nitrogens with zero attached hydrogens (tertiary/aromatic N) is 3. The summed E-state index contributed by atoms with van der Waals surface area (Å²) in [4.78, 5) is 0. The van der Waals surface area contributed by atoms with E-state index in [4.69, 9.17) is 0 Å². The van der Waals surface area contributed by atoms with Gasteiger partial charge in [0.25, 0.3) is 0 Å². The van der Waals surface area contributed by atoms with E-state index in [9.17, 15) is 0 Å². The topological polar surface area (TPSA) is 30.7 Å². The highest BCUT2D eigenvalue weighted by Crippen LogP contribution is 2.27. The molecule has 24 heavy (non-hydrogen) atoms. The molecule has 5 heteroatoms. The van der Waals surface area contributed by atoms with Gasteiger partial charge in [-0.2, -0.15) is 0 Å². The fraction of sp³-hybridized carbons (Fsp3) is 0.158. The minimum Gasteiger partial charge on any atom is -0.298 e. The Morgan fingerprint density at radius 1 is 1.17 bits per heavy atom. The largest absolute Gasteiger partial charge is 0.298 e. The molecule has 2 aromatic carbocycles. The third-order valence-corrected chi connectivity index (χ3v) is 5.15. The SMILES string of the molecule is C=CCn1c(SCc2ccc(Br)cc2)nnc1-c1cccc(C)c1. The second kappa shape index (κ2) is 7.81. The van der Waals surface area contributed by atoms with Crippen molar-refractivity contribution in [3.05, 3.63) is 76.8 Å². The fourth-order valence-corrected chi connectivity index (χ4v) is 3.58. The zero-order valence-electron chi connectivity index (χ0n) is 13.4. The van der Waals surface area contributed by atoms with E-state index in [0.29, 0.717) is 6.54 Å². The first-order valence-corrected chi connectivity index (χ1v) is 9.43. The van der Waals surface area contributed by atoms with Crippen molar-refractivity contribution in [1.29, 1.82) is 0 Å². The molecule has 122 valence electrons. The smallest absolute Gasteiger partial charge is 0.192 e. The number of rotatable bonds is 6. The molecule has 3 nitrogen and oxygen atoms in total. The Kier molecular flexibility index (Phi) is 5.53. The Labute approximate surface area is 154 Å². The molecule has 0 unspecified atom stereocenters. The first-order valence-electron chi connectivity index (χ1n) is 7.66. The Balaban J connectivity index is 1.85. The second-order valence-corrected chi connectivity index (χ2v) is 7.35. The zero-order valence-corrected chi connectivity index (χ0v) is 15.8. The number of hydrogen-bond acceptors (Lipinski definition) is 3. The minimum absolute atomic E-state index is 0.693. The van der Waals surface area contributed by atoms with Crippen LogP contribution in [0.1, 0.15) is 11.1 Å². The molecule has 0 N–H and O–H groups in total. The van der Waals surface area contributed by atoms with Crippen molar-refractivity contribution in [2.75, 3.05) is 0 Å². The quantitative estimate of drug-likeness (QED) is 0.405. The Bertz CT molecular complexity index is 840. The zero-order chi connectivity index (χ0) is 16.9. The van der Waals surface area contributed by atoms with Crippen molar-refractivity contribution in [2.45, 2.75) is 24.4 Å². The van der Waals surface area contributed by atoms with Crippen LogP contribution in [0, 0.1) is 6.92 Å². The summed E-state index contributed by atoms with van der Waals surface area (Å²) in [7, 11) is 0. The number of allylic oxidation sites excluding steroid dienone is 1. The van der Waals surface area contributed by atoms with Crippen molar-refractivity contribution in [3.63, 3.8) is 0 Å². The molecule has 0 saturated carbocycles. The van der Waals surface area contributed by atoms with Gasteiger partial charge in [-0.3, -0.25) is 4.57 Å². The molecule has 0 radical (unpaired) electrons. The molecule has 0 spiro atoms. The highest BCUT2D eigenvalue weighted by molar-refractivity contribution is 9.10. The molecule has 0 fully saturated rings. The summed E-state index contributed by atoms with van der Waals surface area (Å²) < 4.78 is 3.21. The van der Waals surface area contributed by atoms with E-state index in [1.165, 1.54) is 11.1 Å². The lowest BCUT2D eigenvalue weighted by Gasteiger charge is -2.08. The number of aryl methyl sites for hydroxylation is 1. The first kappa shape index (κ1) is 17.0. The minimum atomic E-state index is 0.693. The number of benzene rings is 2. The predicted octanol–water partition coefficient (Wildman–Crippen LogP) is 5.49. The lowest BCUT2D eigenvalue weighted by molar-refractivity contribution is 0.731. The van der Waals surface area contributed by atoms with Crippen LogP contribution in [0.5, 0.6) is 0 Å². The molecule has 0 aliphatic heterocycles. The maximum absolute atomic E-state index is 4.41. The lowest BCUT2D eigenvalue weighted by atomic mass is 10.1. The average Bonchev–Trinajstić information content (AvgIpc) is 2.98. The molecule has 0 atom stereocenters. The van der Waals surface area contributed by atoms with E-state index in [-0.39, 0.29) is 0 Å².